The van der Waals surface area contributed by atoms with Crippen molar-refractivity contribution in [2.24, 2.45) is 5.73 Å². The molecule has 1 aliphatic carbocycles. The molecular weight excluding hydrogens is 236 g/mol. The largest absolute Gasteiger partial charge is 0.394 e. The van der Waals surface area contributed by atoms with E-state index in [4.69, 9.17) is 5.73 Å². The minimum absolute atomic E-state index is 0.0137. The Hall–Kier alpha value is -0.900. The highest BCUT2D eigenvalue weighted by molar-refractivity contribution is 5.24. The minimum atomic E-state index is -0.653. The normalized spacial score (nSPS) is 19.8. The standard InChI is InChI=1S/C16H26N2O/c1-2-18(15-10-6-7-11-15)12-16(17,13-19)14-8-4-3-5-9-14/h3-5,8-9,15,19H,2,6-7,10-13,17H2,1H3. The molecule has 0 amide bonds. The van der Waals surface area contributed by atoms with Gasteiger partial charge < -0.3 is 10.8 Å². The second-order valence-electron chi connectivity index (χ2n) is 5.68. The average molecular weight is 262 g/mol. The molecule has 0 saturated heterocycles. The molecule has 0 aliphatic heterocycles. The molecule has 1 atom stereocenters. The summed E-state index contributed by atoms with van der Waals surface area (Å²) in [5.41, 5.74) is 6.84. The number of aliphatic hydroxyl groups excluding tert-OH is 1. The third-order valence-electron chi connectivity index (χ3n) is 4.36. The number of likely N-dealkylation sites (N-methyl/N-ethyl adjacent to an activating group) is 1. The first-order valence-electron chi connectivity index (χ1n) is 7.39. The van der Waals surface area contributed by atoms with Crippen molar-refractivity contribution in [1.82, 2.24) is 4.90 Å². The van der Waals surface area contributed by atoms with Gasteiger partial charge >= 0.3 is 0 Å². The minimum Gasteiger partial charge on any atom is -0.394 e. The van der Waals surface area contributed by atoms with Gasteiger partial charge in [-0.3, -0.25) is 4.90 Å². The summed E-state index contributed by atoms with van der Waals surface area (Å²) in [7, 11) is 0. The zero-order valence-electron chi connectivity index (χ0n) is 11.9. The SMILES string of the molecule is CCN(CC(N)(CO)c1ccccc1)C1CCCC1. The first-order chi connectivity index (χ1) is 9.19. The maximum atomic E-state index is 9.77. The summed E-state index contributed by atoms with van der Waals surface area (Å²) < 4.78 is 0. The maximum absolute atomic E-state index is 9.77. The second kappa shape index (κ2) is 6.51. The van der Waals surface area contributed by atoms with Crippen LogP contribution in [0.4, 0.5) is 0 Å². The third kappa shape index (κ3) is 3.35. The summed E-state index contributed by atoms with van der Waals surface area (Å²) in [4.78, 5) is 2.44. The fourth-order valence-electron chi connectivity index (χ4n) is 3.13. The Labute approximate surface area is 116 Å². The van der Waals surface area contributed by atoms with Gasteiger partial charge in [0.1, 0.15) is 0 Å². The Balaban J connectivity index is 2.12. The lowest BCUT2D eigenvalue weighted by molar-refractivity contribution is 0.112. The predicted molar refractivity (Wildman–Crippen MR) is 78.9 cm³/mol. The van der Waals surface area contributed by atoms with Gasteiger partial charge in [-0.15, -0.1) is 0 Å². The van der Waals surface area contributed by atoms with Crippen LogP contribution in [0.2, 0.25) is 0 Å². The third-order valence-corrected chi connectivity index (χ3v) is 4.36. The van der Waals surface area contributed by atoms with Crippen LogP contribution in [0.15, 0.2) is 30.3 Å². The van der Waals surface area contributed by atoms with Crippen LogP contribution in [0.1, 0.15) is 38.2 Å². The molecule has 0 bridgehead atoms. The highest BCUT2D eigenvalue weighted by Gasteiger charge is 2.32. The molecule has 1 unspecified atom stereocenters. The fourth-order valence-corrected chi connectivity index (χ4v) is 3.13. The predicted octanol–water partition coefficient (Wildman–Crippen LogP) is 2.10. The topological polar surface area (TPSA) is 49.5 Å². The van der Waals surface area contributed by atoms with E-state index in [1.165, 1.54) is 25.7 Å². The molecule has 106 valence electrons. The lowest BCUT2D eigenvalue weighted by atomic mass is 9.90. The number of aliphatic hydroxyl groups is 1. The Morgan fingerprint density at radius 2 is 1.89 bits per heavy atom. The smallest absolute Gasteiger partial charge is 0.0773 e. The Morgan fingerprint density at radius 3 is 2.42 bits per heavy atom. The van der Waals surface area contributed by atoms with E-state index in [2.05, 4.69) is 11.8 Å². The summed E-state index contributed by atoms with van der Waals surface area (Å²) in [6.07, 6.45) is 5.18. The molecular formula is C16H26N2O. The molecule has 2 rings (SSSR count). The number of nitrogens with two attached hydrogens (primary N) is 1. The van der Waals surface area contributed by atoms with Gasteiger partial charge in [-0.1, -0.05) is 50.1 Å². The van der Waals surface area contributed by atoms with Gasteiger partial charge in [-0.25, -0.2) is 0 Å². The van der Waals surface area contributed by atoms with Crippen molar-refractivity contribution in [2.75, 3.05) is 19.7 Å². The van der Waals surface area contributed by atoms with Crippen molar-refractivity contribution >= 4 is 0 Å². The van der Waals surface area contributed by atoms with Crippen LogP contribution in [0.5, 0.6) is 0 Å². The van der Waals surface area contributed by atoms with Gasteiger partial charge in [0, 0.05) is 12.6 Å². The van der Waals surface area contributed by atoms with E-state index in [9.17, 15) is 5.11 Å². The van der Waals surface area contributed by atoms with Gasteiger partial charge in [0.05, 0.1) is 12.1 Å². The molecule has 1 saturated carbocycles. The van der Waals surface area contributed by atoms with Crippen LogP contribution in [-0.2, 0) is 5.54 Å². The van der Waals surface area contributed by atoms with Gasteiger partial charge in [-0.2, -0.15) is 0 Å². The van der Waals surface area contributed by atoms with Crippen molar-refractivity contribution < 1.29 is 5.11 Å². The van der Waals surface area contributed by atoms with E-state index in [1.54, 1.807) is 0 Å². The van der Waals surface area contributed by atoms with Gasteiger partial charge in [0.25, 0.3) is 0 Å². The van der Waals surface area contributed by atoms with E-state index in [1.807, 2.05) is 30.3 Å². The molecule has 3 heteroatoms. The number of nitrogens with zero attached hydrogens (tertiary/aromatic N) is 1. The fraction of sp³-hybridized carbons (Fsp3) is 0.625. The zero-order valence-corrected chi connectivity index (χ0v) is 11.9. The van der Waals surface area contributed by atoms with Crippen molar-refractivity contribution in [3.63, 3.8) is 0 Å². The highest BCUT2D eigenvalue weighted by Crippen LogP contribution is 2.27. The van der Waals surface area contributed by atoms with Crippen LogP contribution in [0, 0.1) is 0 Å². The average Bonchev–Trinajstić information content (AvgIpc) is 2.99. The van der Waals surface area contributed by atoms with Gasteiger partial charge in [0.15, 0.2) is 0 Å². The molecule has 1 aromatic rings. The lowest BCUT2D eigenvalue weighted by Crippen LogP contribution is -2.52. The van der Waals surface area contributed by atoms with E-state index >= 15 is 0 Å². The van der Waals surface area contributed by atoms with Crippen LogP contribution in [0.25, 0.3) is 0 Å². The molecule has 0 heterocycles. The van der Waals surface area contributed by atoms with E-state index in [0.717, 1.165) is 18.7 Å². The number of hydrogen-bond donors (Lipinski definition) is 2. The number of benzene rings is 1. The highest BCUT2D eigenvalue weighted by atomic mass is 16.3. The summed E-state index contributed by atoms with van der Waals surface area (Å²) in [6.45, 7) is 3.90. The van der Waals surface area contributed by atoms with Crippen molar-refractivity contribution in [1.29, 1.82) is 0 Å². The molecule has 0 spiro atoms. The van der Waals surface area contributed by atoms with Crippen LogP contribution >= 0.6 is 0 Å². The van der Waals surface area contributed by atoms with E-state index in [-0.39, 0.29) is 6.61 Å². The first-order valence-corrected chi connectivity index (χ1v) is 7.39. The summed E-state index contributed by atoms with van der Waals surface area (Å²) in [5, 5.41) is 9.77. The first kappa shape index (κ1) is 14.5. The molecule has 3 nitrogen and oxygen atoms in total. The Morgan fingerprint density at radius 1 is 1.26 bits per heavy atom. The molecule has 1 aromatic carbocycles. The van der Waals surface area contributed by atoms with E-state index < -0.39 is 5.54 Å². The molecule has 1 aliphatic rings. The zero-order chi connectivity index (χ0) is 13.7. The van der Waals surface area contributed by atoms with Gasteiger partial charge in [0.2, 0.25) is 0 Å². The van der Waals surface area contributed by atoms with Crippen LogP contribution < -0.4 is 5.73 Å². The molecule has 0 aromatic heterocycles. The summed E-state index contributed by atoms with van der Waals surface area (Å²) in [5.74, 6) is 0. The molecule has 19 heavy (non-hydrogen) atoms. The number of rotatable bonds is 6. The van der Waals surface area contributed by atoms with Crippen molar-refractivity contribution in [3.05, 3.63) is 35.9 Å². The van der Waals surface area contributed by atoms with E-state index in [0.29, 0.717) is 6.04 Å². The van der Waals surface area contributed by atoms with Crippen LogP contribution in [-0.4, -0.2) is 35.7 Å². The van der Waals surface area contributed by atoms with Crippen molar-refractivity contribution in [2.45, 2.75) is 44.2 Å². The Bertz CT molecular complexity index is 376. The Kier molecular flexibility index (Phi) is 4.97. The van der Waals surface area contributed by atoms with Crippen molar-refractivity contribution in [3.8, 4) is 0 Å². The van der Waals surface area contributed by atoms with Crippen LogP contribution in [0.3, 0.4) is 0 Å². The lowest BCUT2D eigenvalue weighted by Gasteiger charge is -2.37. The molecule has 3 N–H and O–H groups in total. The number of hydrogen-bond acceptors (Lipinski definition) is 3. The molecule has 0 radical (unpaired) electrons. The summed E-state index contributed by atoms with van der Waals surface area (Å²) >= 11 is 0. The monoisotopic (exact) mass is 262 g/mol. The second-order valence-corrected chi connectivity index (χ2v) is 5.68. The van der Waals surface area contributed by atoms with Gasteiger partial charge in [-0.05, 0) is 24.9 Å². The molecule has 1 fully saturated rings. The summed E-state index contributed by atoms with van der Waals surface area (Å²) in [6, 6.07) is 10.6. The maximum Gasteiger partial charge on any atom is 0.0773 e. The quantitative estimate of drug-likeness (QED) is 0.825.